The number of nitrogens with zero attached hydrogens (tertiary/aromatic N) is 2. The Morgan fingerprint density at radius 3 is 2.48 bits per heavy atom. The quantitative estimate of drug-likeness (QED) is 0.621. The fourth-order valence-electron chi connectivity index (χ4n) is 2.87. The molecule has 0 fully saturated rings. The number of nitrogens with one attached hydrogen (secondary N) is 1. The predicted molar refractivity (Wildman–Crippen MR) is 108 cm³/mol. The molecule has 2 aromatic carbocycles. The van der Waals surface area contributed by atoms with E-state index in [2.05, 4.69) is 15.3 Å². The second kappa shape index (κ2) is 7.55. The van der Waals surface area contributed by atoms with E-state index in [0.717, 1.165) is 0 Å². The van der Waals surface area contributed by atoms with E-state index >= 15 is 0 Å². The summed E-state index contributed by atoms with van der Waals surface area (Å²) in [5.74, 6) is 0.342. The fraction of sp³-hybridized carbons (Fsp3) is 0.150. The molecule has 0 atom stereocenters. The summed E-state index contributed by atoms with van der Waals surface area (Å²) in [5, 5.41) is 13.9. The largest absolute Gasteiger partial charge is 0.508 e. The van der Waals surface area contributed by atoms with Crippen molar-refractivity contribution in [1.29, 1.82) is 0 Å². The molecule has 1 heterocycles. The van der Waals surface area contributed by atoms with Gasteiger partial charge in [0.1, 0.15) is 11.6 Å². The highest BCUT2D eigenvalue weighted by Gasteiger charge is 2.22. The van der Waals surface area contributed by atoms with Crippen LogP contribution in [0.1, 0.15) is 27.3 Å². The van der Waals surface area contributed by atoms with Gasteiger partial charge < -0.3 is 10.4 Å². The van der Waals surface area contributed by atoms with Crippen molar-refractivity contribution >= 4 is 34.8 Å². The van der Waals surface area contributed by atoms with Gasteiger partial charge >= 0.3 is 0 Å². The Morgan fingerprint density at radius 1 is 1.07 bits per heavy atom. The smallest absolute Gasteiger partial charge is 0.256 e. The number of carbonyl (C=O) groups excluding carboxylic acids is 1. The fourth-order valence-corrected chi connectivity index (χ4v) is 3.17. The lowest BCUT2D eigenvalue weighted by Crippen LogP contribution is -2.16. The van der Waals surface area contributed by atoms with Gasteiger partial charge in [-0.25, -0.2) is 9.97 Å². The van der Waals surface area contributed by atoms with Crippen molar-refractivity contribution in [3.05, 3.63) is 69.1 Å². The maximum Gasteiger partial charge on any atom is 0.256 e. The van der Waals surface area contributed by atoms with Gasteiger partial charge in [0, 0.05) is 23.0 Å². The summed E-state index contributed by atoms with van der Waals surface area (Å²) in [4.78, 5) is 21.6. The van der Waals surface area contributed by atoms with E-state index in [1.807, 2.05) is 0 Å². The third-order valence-corrected chi connectivity index (χ3v) is 4.93. The van der Waals surface area contributed by atoms with Crippen molar-refractivity contribution in [3.63, 3.8) is 0 Å². The van der Waals surface area contributed by atoms with Crippen LogP contribution in [0, 0.1) is 20.8 Å². The molecule has 0 bridgehead atoms. The zero-order valence-electron chi connectivity index (χ0n) is 15.0. The first-order chi connectivity index (χ1) is 12.8. The lowest BCUT2D eigenvalue weighted by atomic mass is 9.93. The van der Waals surface area contributed by atoms with Crippen molar-refractivity contribution in [2.24, 2.45) is 0 Å². The molecule has 138 valence electrons. The molecule has 0 aliphatic rings. The minimum absolute atomic E-state index is 0.102. The number of amides is 1. The van der Waals surface area contributed by atoms with Gasteiger partial charge in [0.2, 0.25) is 0 Å². The number of carbonyl (C=O) groups is 1. The summed E-state index contributed by atoms with van der Waals surface area (Å²) < 4.78 is 0. The minimum atomic E-state index is -0.333. The SMILES string of the molecule is Cc1nccc(-c2c(C)c(O)cc(C)c2C(=O)Nc2ccc(Cl)c(Cl)c2)n1. The molecule has 2 N–H and O–H groups in total. The highest BCUT2D eigenvalue weighted by atomic mass is 35.5. The molecule has 0 unspecified atom stereocenters. The Balaban J connectivity index is 2.12. The molecule has 1 aromatic heterocycles. The number of halogens is 2. The molecule has 27 heavy (non-hydrogen) atoms. The number of hydrogen-bond acceptors (Lipinski definition) is 4. The maximum absolute atomic E-state index is 13.1. The van der Waals surface area contributed by atoms with Gasteiger partial charge in [0.25, 0.3) is 5.91 Å². The topological polar surface area (TPSA) is 75.1 Å². The normalized spacial score (nSPS) is 10.7. The monoisotopic (exact) mass is 401 g/mol. The summed E-state index contributed by atoms with van der Waals surface area (Å²) in [6.07, 6.45) is 1.62. The molecule has 0 aliphatic heterocycles. The lowest BCUT2D eigenvalue weighted by molar-refractivity contribution is 0.102. The number of aromatic nitrogens is 2. The summed E-state index contributed by atoms with van der Waals surface area (Å²) in [6, 6.07) is 8.14. The highest BCUT2D eigenvalue weighted by molar-refractivity contribution is 6.42. The van der Waals surface area contributed by atoms with Gasteiger partial charge in [0.15, 0.2) is 0 Å². The first-order valence-electron chi connectivity index (χ1n) is 8.17. The average Bonchev–Trinajstić information content (AvgIpc) is 2.61. The number of hydrogen-bond donors (Lipinski definition) is 2. The molecule has 0 saturated carbocycles. The number of anilines is 1. The molecular weight excluding hydrogens is 385 g/mol. The number of aryl methyl sites for hydroxylation is 2. The number of rotatable bonds is 3. The molecule has 7 heteroatoms. The van der Waals surface area contributed by atoms with E-state index in [4.69, 9.17) is 23.2 Å². The highest BCUT2D eigenvalue weighted by Crippen LogP contribution is 2.35. The second-order valence-electron chi connectivity index (χ2n) is 6.16. The van der Waals surface area contributed by atoms with Crippen molar-refractivity contribution in [2.75, 3.05) is 5.32 Å². The molecule has 3 rings (SSSR count). The summed E-state index contributed by atoms with van der Waals surface area (Å²) in [7, 11) is 0. The van der Waals surface area contributed by atoms with Crippen molar-refractivity contribution < 1.29 is 9.90 Å². The Kier molecular flexibility index (Phi) is 5.35. The summed E-state index contributed by atoms with van der Waals surface area (Å²) >= 11 is 12.0. The molecule has 1 amide bonds. The van der Waals surface area contributed by atoms with Crippen LogP contribution in [0.5, 0.6) is 5.75 Å². The van der Waals surface area contributed by atoms with Crippen molar-refractivity contribution in [1.82, 2.24) is 9.97 Å². The van der Waals surface area contributed by atoms with Gasteiger partial charge in [-0.1, -0.05) is 23.2 Å². The van der Waals surface area contributed by atoms with Crippen LogP contribution < -0.4 is 5.32 Å². The van der Waals surface area contributed by atoms with Crippen molar-refractivity contribution in [3.8, 4) is 17.0 Å². The Morgan fingerprint density at radius 2 is 1.81 bits per heavy atom. The molecule has 0 aliphatic carbocycles. The van der Waals surface area contributed by atoms with E-state index in [0.29, 0.717) is 49.5 Å². The van der Waals surface area contributed by atoms with E-state index in [1.54, 1.807) is 57.3 Å². The standard InChI is InChI=1S/C20H17Cl2N3O2/c1-10-8-17(26)11(2)19(16-6-7-23-12(3)24-16)18(10)20(27)25-13-4-5-14(21)15(22)9-13/h4-9,26H,1-3H3,(H,25,27). The molecule has 5 nitrogen and oxygen atoms in total. The minimum Gasteiger partial charge on any atom is -0.508 e. The van der Waals surface area contributed by atoms with Crippen molar-refractivity contribution in [2.45, 2.75) is 20.8 Å². The second-order valence-corrected chi connectivity index (χ2v) is 6.97. The van der Waals surface area contributed by atoms with Gasteiger partial charge in [-0.15, -0.1) is 0 Å². The van der Waals surface area contributed by atoms with Crippen LogP contribution in [-0.2, 0) is 0 Å². The van der Waals surface area contributed by atoms with Crippen LogP contribution in [0.4, 0.5) is 5.69 Å². The molecule has 0 spiro atoms. The third kappa shape index (κ3) is 3.89. The van der Waals surface area contributed by atoms with Crippen LogP contribution in [0.3, 0.4) is 0 Å². The van der Waals surface area contributed by atoms with Gasteiger partial charge in [-0.3, -0.25) is 4.79 Å². The Hall–Kier alpha value is -2.63. The molecule has 0 radical (unpaired) electrons. The zero-order chi connectivity index (χ0) is 19.7. The third-order valence-electron chi connectivity index (χ3n) is 4.19. The first-order valence-corrected chi connectivity index (χ1v) is 8.93. The van der Waals surface area contributed by atoms with E-state index in [1.165, 1.54) is 0 Å². The molecule has 0 saturated heterocycles. The predicted octanol–water partition coefficient (Wildman–Crippen LogP) is 5.33. The van der Waals surface area contributed by atoms with E-state index in [9.17, 15) is 9.90 Å². The molecular formula is C20H17Cl2N3O2. The number of aromatic hydroxyl groups is 1. The Labute approximate surface area is 167 Å². The Bertz CT molecular complexity index is 1050. The van der Waals surface area contributed by atoms with Gasteiger partial charge in [-0.05, 0) is 56.7 Å². The van der Waals surface area contributed by atoms with Gasteiger partial charge in [0.05, 0.1) is 21.3 Å². The van der Waals surface area contributed by atoms with Crippen LogP contribution in [0.15, 0.2) is 36.5 Å². The van der Waals surface area contributed by atoms with Crippen LogP contribution in [-0.4, -0.2) is 21.0 Å². The van der Waals surface area contributed by atoms with E-state index < -0.39 is 0 Å². The van der Waals surface area contributed by atoms with Gasteiger partial charge in [-0.2, -0.15) is 0 Å². The number of benzene rings is 2. The van der Waals surface area contributed by atoms with Crippen LogP contribution >= 0.6 is 23.2 Å². The van der Waals surface area contributed by atoms with Crippen LogP contribution in [0.25, 0.3) is 11.3 Å². The summed E-state index contributed by atoms with van der Waals surface area (Å²) in [6.45, 7) is 5.28. The van der Waals surface area contributed by atoms with Crippen LogP contribution in [0.2, 0.25) is 10.0 Å². The molecule has 3 aromatic rings. The maximum atomic E-state index is 13.1. The first kappa shape index (κ1) is 19.1. The average molecular weight is 402 g/mol. The zero-order valence-corrected chi connectivity index (χ0v) is 16.5. The summed E-state index contributed by atoms with van der Waals surface area (Å²) in [5.41, 5.74) is 3.27. The van der Waals surface area contributed by atoms with E-state index in [-0.39, 0.29) is 11.7 Å². The number of phenols is 1. The lowest BCUT2D eigenvalue weighted by Gasteiger charge is -2.17. The number of phenolic OH excluding ortho intramolecular Hbond substituents is 1.